The van der Waals surface area contributed by atoms with E-state index in [0.29, 0.717) is 31.7 Å². The molecule has 0 unspecified atom stereocenters. The summed E-state index contributed by atoms with van der Waals surface area (Å²) in [5.41, 5.74) is 0.684. The van der Waals surface area contributed by atoms with Crippen LogP contribution in [0.15, 0.2) is 68.9 Å². The van der Waals surface area contributed by atoms with Crippen molar-refractivity contribution in [1.82, 2.24) is 14.8 Å². The number of hydrogen-bond donors (Lipinski definition) is 0. The molecule has 0 radical (unpaired) electrons. The number of hydrogen-bond acceptors (Lipinski definition) is 3. The van der Waals surface area contributed by atoms with Crippen LogP contribution in [0, 0.1) is 0 Å². The number of nitrogens with zero attached hydrogens (tertiary/aromatic N) is 3. The quantitative estimate of drug-likeness (QED) is 0.622. The van der Waals surface area contributed by atoms with Crippen LogP contribution in [0.4, 0.5) is 0 Å². The Morgan fingerprint density at radius 2 is 1.29 bits per heavy atom. The van der Waals surface area contributed by atoms with Gasteiger partial charge in [-0.15, -0.1) is 26.3 Å². The highest BCUT2D eigenvalue weighted by molar-refractivity contribution is 5.96. The zero-order valence-electron chi connectivity index (χ0n) is 13.9. The molecule has 1 heterocycles. The van der Waals surface area contributed by atoms with Crippen LogP contribution in [0.2, 0.25) is 0 Å². The van der Waals surface area contributed by atoms with Gasteiger partial charge in [0.05, 0.1) is 5.56 Å². The lowest BCUT2D eigenvalue weighted by molar-refractivity contribution is 0.0774. The van der Waals surface area contributed by atoms with E-state index in [1.54, 1.807) is 46.2 Å². The van der Waals surface area contributed by atoms with Crippen LogP contribution in [0.3, 0.4) is 0 Å². The Morgan fingerprint density at radius 3 is 1.67 bits per heavy atom. The van der Waals surface area contributed by atoms with E-state index in [1.807, 2.05) is 0 Å². The SMILES string of the molecule is C=CCN(CC=C)C(=O)c1ccc(C(=O)N(CC=C)CC=C)nc1. The summed E-state index contributed by atoms with van der Waals surface area (Å²) in [4.78, 5) is 32.1. The first kappa shape index (κ1) is 19.1. The van der Waals surface area contributed by atoms with Gasteiger partial charge in [0, 0.05) is 32.4 Å². The summed E-state index contributed by atoms with van der Waals surface area (Å²) in [6, 6.07) is 3.15. The molecule has 0 aromatic carbocycles. The molecule has 0 bridgehead atoms. The number of amides is 2. The van der Waals surface area contributed by atoms with Crippen molar-refractivity contribution in [3.05, 3.63) is 80.2 Å². The molecular formula is C19H23N3O2. The van der Waals surface area contributed by atoms with Gasteiger partial charge in [-0.25, -0.2) is 0 Å². The summed E-state index contributed by atoms with van der Waals surface area (Å²) in [7, 11) is 0. The number of pyridine rings is 1. The first-order valence-electron chi connectivity index (χ1n) is 7.57. The van der Waals surface area contributed by atoms with E-state index in [0.717, 1.165) is 0 Å². The molecule has 0 aliphatic heterocycles. The Labute approximate surface area is 143 Å². The maximum Gasteiger partial charge on any atom is 0.273 e. The summed E-state index contributed by atoms with van der Waals surface area (Å²) in [6.45, 7) is 16.2. The van der Waals surface area contributed by atoms with Gasteiger partial charge in [-0.05, 0) is 12.1 Å². The Balaban J connectivity index is 2.94. The smallest absolute Gasteiger partial charge is 0.273 e. The second-order valence-corrected chi connectivity index (χ2v) is 5.01. The Hall–Kier alpha value is -2.95. The molecule has 1 aromatic heterocycles. The third-order valence-electron chi connectivity index (χ3n) is 3.20. The molecule has 2 amide bonds. The van der Waals surface area contributed by atoms with E-state index in [4.69, 9.17) is 0 Å². The van der Waals surface area contributed by atoms with Gasteiger partial charge in [0.1, 0.15) is 5.69 Å². The Kier molecular flexibility index (Phi) is 7.91. The first-order chi connectivity index (χ1) is 11.6. The van der Waals surface area contributed by atoms with Crippen molar-refractivity contribution in [3.63, 3.8) is 0 Å². The van der Waals surface area contributed by atoms with Crippen LogP contribution in [0.25, 0.3) is 0 Å². The van der Waals surface area contributed by atoms with Crippen molar-refractivity contribution in [3.8, 4) is 0 Å². The standard InChI is InChI=1S/C19H23N3O2/c1-5-11-21(12-6-2)18(23)16-9-10-17(20-15-16)19(24)22(13-7-3)14-8-4/h5-10,15H,1-4,11-14H2. The summed E-state index contributed by atoms with van der Waals surface area (Å²) in [6.07, 6.45) is 7.99. The zero-order chi connectivity index (χ0) is 17.9. The highest BCUT2D eigenvalue weighted by Gasteiger charge is 2.17. The molecule has 5 nitrogen and oxygen atoms in total. The van der Waals surface area contributed by atoms with E-state index in [2.05, 4.69) is 31.3 Å². The van der Waals surface area contributed by atoms with Gasteiger partial charge in [-0.1, -0.05) is 24.3 Å². The first-order valence-corrected chi connectivity index (χ1v) is 7.57. The van der Waals surface area contributed by atoms with Gasteiger partial charge in [0.15, 0.2) is 0 Å². The fraction of sp³-hybridized carbons (Fsp3) is 0.211. The third kappa shape index (κ3) is 5.05. The van der Waals surface area contributed by atoms with Crippen LogP contribution < -0.4 is 0 Å². The van der Waals surface area contributed by atoms with Crippen LogP contribution in [-0.2, 0) is 0 Å². The summed E-state index contributed by atoms with van der Waals surface area (Å²) < 4.78 is 0. The topological polar surface area (TPSA) is 53.5 Å². The van der Waals surface area contributed by atoms with E-state index in [1.165, 1.54) is 6.20 Å². The zero-order valence-corrected chi connectivity index (χ0v) is 13.9. The minimum Gasteiger partial charge on any atom is -0.331 e. The van der Waals surface area contributed by atoms with Crippen molar-refractivity contribution >= 4 is 11.8 Å². The minimum atomic E-state index is -0.233. The average Bonchev–Trinajstić information content (AvgIpc) is 2.60. The normalized spacial score (nSPS) is 9.67. The van der Waals surface area contributed by atoms with E-state index < -0.39 is 0 Å². The second-order valence-electron chi connectivity index (χ2n) is 5.01. The molecule has 1 aromatic rings. The van der Waals surface area contributed by atoms with Crippen molar-refractivity contribution in [2.75, 3.05) is 26.2 Å². The number of carbonyl (C=O) groups is 2. The Morgan fingerprint density at radius 1 is 0.833 bits per heavy atom. The molecular weight excluding hydrogens is 302 g/mol. The monoisotopic (exact) mass is 325 g/mol. The van der Waals surface area contributed by atoms with Gasteiger partial charge in [0.25, 0.3) is 11.8 Å². The molecule has 0 spiro atoms. The molecule has 1 rings (SSSR count). The molecule has 0 aliphatic rings. The predicted octanol–water partition coefficient (Wildman–Crippen LogP) is 2.71. The minimum absolute atomic E-state index is 0.185. The molecule has 0 atom stereocenters. The van der Waals surface area contributed by atoms with E-state index in [9.17, 15) is 9.59 Å². The fourth-order valence-corrected chi connectivity index (χ4v) is 2.10. The highest BCUT2D eigenvalue weighted by atomic mass is 16.2. The van der Waals surface area contributed by atoms with Gasteiger partial charge in [-0.2, -0.15) is 0 Å². The molecule has 0 aliphatic carbocycles. The number of carbonyl (C=O) groups excluding carboxylic acids is 2. The van der Waals surface area contributed by atoms with Gasteiger partial charge >= 0.3 is 0 Å². The largest absolute Gasteiger partial charge is 0.331 e. The van der Waals surface area contributed by atoms with E-state index >= 15 is 0 Å². The molecule has 0 saturated heterocycles. The molecule has 0 fully saturated rings. The van der Waals surface area contributed by atoms with Crippen LogP contribution in [0.5, 0.6) is 0 Å². The summed E-state index contributed by atoms with van der Waals surface area (Å²) in [5, 5.41) is 0. The maximum atomic E-state index is 12.4. The summed E-state index contributed by atoms with van der Waals surface area (Å²) in [5.74, 6) is -0.418. The molecule has 24 heavy (non-hydrogen) atoms. The average molecular weight is 325 g/mol. The van der Waals surface area contributed by atoms with Crippen LogP contribution >= 0.6 is 0 Å². The highest BCUT2D eigenvalue weighted by Crippen LogP contribution is 2.08. The molecule has 5 heteroatoms. The van der Waals surface area contributed by atoms with Crippen molar-refractivity contribution in [1.29, 1.82) is 0 Å². The number of aromatic nitrogens is 1. The third-order valence-corrected chi connectivity index (χ3v) is 3.20. The second kappa shape index (κ2) is 9.94. The number of rotatable bonds is 10. The summed E-state index contributed by atoms with van der Waals surface area (Å²) >= 11 is 0. The van der Waals surface area contributed by atoms with Gasteiger partial charge < -0.3 is 9.80 Å². The lowest BCUT2D eigenvalue weighted by atomic mass is 10.2. The van der Waals surface area contributed by atoms with Crippen LogP contribution in [0.1, 0.15) is 20.8 Å². The lowest BCUT2D eigenvalue weighted by Gasteiger charge is -2.20. The lowest BCUT2D eigenvalue weighted by Crippen LogP contribution is -2.33. The maximum absolute atomic E-state index is 12.4. The van der Waals surface area contributed by atoms with Crippen molar-refractivity contribution < 1.29 is 9.59 Å². The fourth-order valence-electron chi connectivity index (χ4n) is 2.10. The Bertz CT molecular complexity index is 545. The van der Waals surface area contributed by atoms with Gasteiger partial charge in [0.2, 0.25) is 0 Å². The van der Waals surface area contributed by atoms with Gasteiger partial charge in [-0.3, -0.25) is 14.6 Å². The van der Waals surface area contributed by atoms with Crippen molar-refractivity contribution in [2.24, 2.45) is 0 Å². The van der Waals surface area contributed by atoms with E-state index in [-0.39, 0.29) is 17.5 Å². The van der Waals surface area contributed by atoms with Crippen LogP contribution in [-0.4, -0.2) is 52.8 Å². The molecule has 0 saturated carbocycles. The van der Waals surface area contributed by atoms with Crippen molar-refractivity contribution in [2.45, 2.75) is 0 Å². The molecule has 0 N–H and O–H groups in total. The predicted molar refractivity (Wildman–Crippen MR) is 96.8 cm³/mol. The molecule has 126 valence electrons.